The Morgan fingerprint density at radius 2 is 2.30 bits per heavy atom. The minimum atomic E-state index is -1.11. The third-order valence-corrected chi connectivity index (χ3v) is 0.601. The predicted molar refractivity (Wildman–Crippen MR) is 31.4 cm³/mol. The normalized spacial score (nSPS) is 10.1. The van der Waals surface area contributed by atoms with Crippen molar-refractivity contribution >= 4 is 5.97 Å². The lowest BCUT2D eigenvalue weighted by molar-refractivity contribution is -0.135. The van der Waals surface area contributed by atoms with Gasteiger partial charge in [-0.3, -0.25) is 4.79 Å². The smallest absolute Gasteiger partial charge is 0.409 e. The molecule has 0 bridgehead atoms. The minimum Gasteiger partial charge on any atom is -0.490 e. The van der Waals surface area contributed by atoms with E-state index in [2.05, 4.69) is 4.98 Å². The van der Waals surface area contributed by atoms with Crippen LogP contribution in [0.1, 0.15) is 0 Å². The van der Waals surface area contributed by atoms with E-state index in [4.69, 9.17) is 15.6 Å². The van der Waals surface area contributed by atoms with E-state index in [-0.39, 0.29) is 0 Å². The number of nitrogens with zero attached hydrogens (tertiary/aromatic N) is 2. The SMILES string of the molecule is N#[N+]/C=C(/O)NCC(=O)O. The van der Waals surface area contributed by atoms with E-state index >= 15 is 0 Å². The molecule has 0 atom stereocenters. The molecule has 0 aromatic heterocycles. The van der Waals surface area contributed by atoms with Crippen LogP contribution in [0.3, 0.4) is 0 Å². The number of diazo groups is 1. The number of carbonyl (C=O) groups is 1. The zero-order valence-electron chi connectivity index (χ0n) is 4.98. The van der Waals surface area contributed by atoms with Crippen molar-refractivity contribution in [3.05, 3.63) is 17.1 Å². The maximum atomic E-state index is 9.81. The largest absolute Gasteiger partial charge is 0.490 e. The third kappa shape index (κ3) is 4.39. The van der Waals surface area contributed by atoms with Gasteiger partial charge >= 0.3 is 12.2 Å². The summed E-state index contributed by atoms with van der Waals surface area (Å²) in [6.45, 7) is -0.419. The maximum absolute atomic E-state index is 9.81. The van der Waals surface area contributed by atoms with Crippen molar-refractivity contribution < 1.29 is 15.0 Å². The number of hydrogen-bond acceptors (Lipinski definition) is 4. The van der Waals surface area contributed by atoms with Gasteiger partial charge in [-0.2, -0.15) is 0 Å². The van der Waals surface area contributed by atoms with Crippen LogP contribution in [0.15, 0.2) is 12.1 Å². The molecule has 3 N–H and O–H groups in total. The van der Waals surface area contributed by atoms with Crippen LogP contribution in [0.4, 0.5) is 0 Å². The van der Waals surface area contributed by atoms with Gasteiger partial charge in [0.15, 0.2) is 4.98 Å². The van der Waals surface area contributed by atoms with Crippen LogP contribution in [0.2, 0.25) is 0 Å². The van der Waals surface area contributed by atoms with E-state index in [0.29, 0.717) is 6.20 Å². The molecular formula is C4H6N3O3+. The number of nitrogens with one attached hydrogen (secondary N) is 1. The van der Waals surface area contributed by atoms with Gasteiger partial charge < -0.3 is 15.5 Å². The first-order valence-corrected chi connectivity index (χ1v) is 2.36. The summed E-state index contributed by atoms with van der Waals surface area (Å²) in [6.07, 6.45) is 0.683. The van der Waals surface area contributed by atoms with Crippen LogP contribution < -0.4 is 5.32 Å². The second kappa shape index (κ2) is 4.14. The first-order valence-electron chi connectivity index (χ1n) is 2.36. The molecule has 0 aliphatic carbocycles. The highest BCUT2D eigenvalue weighted by Gasteiger charge is 2.00. The fourth-order valence-corrected chi connectivity index (χ4v) is 0.267. The number of aliphatic hydroxyl groups is 1. The van der Waals surface area contributed by atoms with Crippen molar-refractivity contribution in [2.24, 2.45) is 0 Å². The highest BCUT2D eigenvalue weighted by atomic mass is 16.4. The zero-order chi connectivity index (χ0) is 7.98. The van der Waals surface area contributed by atoms with Crippen LogP contribution in [0.5, 0.6) is 0 Å². The van der Waals surface area contributed by atoms with Gasteiger partial charge in [-0.1, -0.05) is 0 Å². The third-order valence-electron chi connectivity index (χ3n) is 0.601. The number of carboxylic acid groups (broad SMARTS) is 1. The van der Waals surface area contributed by atoms with E-state index in [9.17, 15) is 4.79 Å². The van der Waals surface area contributed by atoms with Gasteiger partial charge in [0.25, 0.3) is 5.88 Å². The second-order valence-electron chi connectivity index (χ2n) is 1.38. The Labute approximate surface area is 56.4 Å². The molecule has 0 rings (SSSR count). The molecule has 0 aromatic rings. The standard InChI is InChI=1S/C4H5N3O3/c5-7-1-3(8)6-2-4(9)10/h1,6H,2H2,(H-,8,9,10)/p+1/b3-1+. The lowest BCUT2D eigenvalue weighted by atomic mass is 10.6. The molecule has 0 aliphatic rings. The number of hydrogen-bond donors (Lipinski definition) is 3. The summed E-state index contributed by atoms with van der Waals surface area (Å²) in [7, 11) is 0. The predicted octanol–water partition coefficient (Wildman–Crippen LogP) is -0.129. The Bertz CT molecular complexity index is 192. The van der Waals surface area contributed by atoms with E-state index in [0.717, 1.165) is 0 Å². The maximum Gasteiger partial charge on any atom is 0.409 e. The molecule has 54 valence electrons. The van der Waals surface area contributed by atoms with Gasteiger partial charge in [-0.25, -0.2) is 0 Å². The van der Waals surface area contributed by atoms with Crippen LogP contribution in [-0.4, -0.2) is 22.7 Å². The summed E-state index contributed by atoms with van der Waals surface area (Å²) < 4.78 is 0. The Morgan fingerprint density at radius 3 is 2.70 bits per heavy atom. The number of aliphatic carboxylic acids is 1. The topological polar surface area (TPSA) is 97.7 Å². The fourth-order valence-electron chi connectivity index (χ4n) is 0.267. The summed E-state index contributed by atoms with van der Waals surface area (Å²) in [6, 6.07) is 0. The van der Waals surface area contributed by atoms with Crippen LogP contribution in [-0.2, 0) is 4.79 Å². The summed E-state index contributed by atoms with van der Waals surface area (Å²) in [4.78, 5) is 12.3. The average Bonchev–Trinajstić information content (AvgIpc) is 1.85. The van der Waals surface area contributed by atoms with Gasteiger partial charge in [-0.15, -0.1) is 0 Å². The second-order valence-corrected chi connectivity index (χ2v) is 1.38. The summed E-state index contributed by atoms with van der Waals surface area (Å²) in [5.41, 5.74) is 0. The molecule has 0 heterocycles. The molecule has 0 fully saturated rings. The number of rotatable bonds is 3. The molecule has 0 saturated carbocycles. The van der Waals surface area contributed by atoms with Crippen molar-refractivity contribution in [1.82, 2.24) is 5.32 Å². The van der Waals surface area contributed by atoms with Gasteiger partial charge in [0, 0.05) is 0 Å². The lowest BCUT2D eigenvalue weighted by Gasteiger charge is -1.93. The average molecular weight is 144 g/mol. The first kappa shape index (κ1) is 8.23. The monoisotopic (exact) mass is 144 g/mol. The molecular weight excluding hydrogens is 138 g/mol. The number of aliphatic hydroxyl groups excluding tert-OH is 1. The van der Waals surface area contributed by atoms with E-state index < -0.39 is 18.4 Å². The van der Waals surface area contributed by atoms with Crippen molar-refractivity contribution in [2.75, 3.05) is 6.54 Å². The van der Waals surface area contributed by atoms with Crippen LogP contribution in [0.25, 0.3) is 4.98 Å². The molecule has 0 spiro atoms. The number of carboxylic acids is 1. The van der Waals surface area contributed by atoms with Gasteiger partial charge in [0.05, 0.1) is 0 Å². The van der Waals surface area contributed by atoms with Gasteiger partial charge in [0.2, 0.25) is 5.39 Å². The Morgan fingerprint density at radius 1 is 1.70 bits per heavy atom. The molecule has 6 heteroatoms. The molecule has 0 aliphatic heterocycles. The van der Waals surface area contributed by atoms with E-state index in [1.54, 1.807) is 0 Å². The molecule has 10 heavy (non-hydrogen) atoms. The highest BCUT2D eigenvalue weighted by molar-refractivity contribution is 5.69. The van der Waals surface area contributed by atoms with Crippen molar-refractivity contribution in [1.29, 1.82) is 5.39 Å². The molecule has 0 amide bonds. The van der Waals surface area contributed by atoms with Crippen molar-refractivity contribution in [2.45, 2.75) is 0 Å². The molecule has 0 aromatic carbocycles. The first-order chi connectivity index (χ1) is 4.66. The zero-order valence-corrected chi connectivity index (χ0v) is 4.98. The van der Waals surface area contributed by atoms with E-state index in [1.807, 2.05) is 5.32 Å². The lowest BCUT2D eigenvalue weighted by Crippen LogP contribution is -2.21. The summed E-state index contributed by atoms with van der Waals surface area (Å²) in [5.74, 6) is -1.61. The summed E-state index contributed by atoms with van der Waals surface area (Å²) >= 11 is 0. The van der Waals surface area contributed by atoms with Gasteiger partial charge in [0.1, 0.15) is 6.54 Å². The Kier molecular flexibility index (Phi) is 3.41. The Hall–Kier alpha value is -1.77. The van der Waals surface area contributed by atoms with Crippen molar-refractivity contribution in [3.8, 4) is 0 Å². The van der Waals surface area contributed by atoms with Crippen molar-refractivity contribution in [3.63, 3.8) is 0 Å². The van der Waals surface area contributed by atoms with Crippen LogP contribution in [0, 0.1) is 5.39 Å². The van der Waals surface area contributed by atoms with Crippen LogP contribution >= 0.6 is 0 Å². The Balaban J connectivity index is 3.62. The minimum absolute atomic E-state index is 0.419. The molecule has 0 unspecified atom stereocenters. The summed E-state index contributed by atoms with van der Waals surface area (Å²) in [5, 5.41) is 26.4. The quantitative estimate of drug-likeness (QED) is 0.378. The van der Waals surface area contributed by atoms with Gasteiger partial charge in [-0.05, 0) is 0 Å². The van der Waals surface area contributed by atoms with E-state index in [1.165, 1.54) is 0 Å². The molecule has 6 nitrogen and oxygen atoms in total. The molecule has 0 saturated heterocycles. The molecule has 0 radical (unpaired) electrons. The highest BCUT2D eigenvalue weighted by Crippen LogP contribution is 1.80. The fraction of sp³-hybridized carbons (Fsp3) is 0.250.